The fourth-order valence-corrected chi connectivity index (χ4v) is 2.03. The molecular formula is C13H19BrN4O2. The molecule has 0 radical (unpaired) electrons. The Hall–Kier alpha value is -1.76. The third kappa shape index (κ3) is 4.12. The molecule has 0 saturated carbocycles. The molecule has 0 spiro atoms. The monoisotopic (exact) mass is 342 g/mol. The number of likely N-dealkylation sites (N-methyl/N-ethyl adjacent to an activating group) is 1. The van der Waals surface area contributed by atoms with E-state index < -0.39 is 12.1 Å². The first kappa shape index (κ1) is 16.3. The van der Waals surface area contributed by atoms with E-state index in [-0.39, 0.29) is 5.91 Å². The van der Waals surface area contributed by atoms with Gasteiger partial charge in [0.05, 0.1) is 11.4 Å². The van der Waals surface area contributed by atoms with Crippen LogP contribution in [0.15, 0.2) is 22.7 Å². The van der Waals surface area contributed by atoms with Crippen molar-refractivity contribution in [1.82, 2.24) is 10.6 Å². The zero-order valence-electron chi connectivity index (χ0n) is 11.7. The maximum Gasteiger partial charge on any atom is 0.321 e. The molecule has 110 valence electrons. The van der Waals surface area contributed by atoms with Crippen molar-refractivity contribution in [2.45, 2.75) is 19.9 Å². The van der Waals surface area contributed by atoms with E-state index in [1.807, 2.05) is 12.1 Å². The zero-order chi connectivity index (χ0) is 15.3. The Morgan fingerprint density at radius 3 is 2.65 bits per heavy atom. The molecule has 0 fully saturated rings. The number of rotatable bonds is 4. The number of nitrogens with one attached hydrogen (secondary N) is 2. The number of nitrogens with two attached hydrogens (primary N) is 1. The second-order valence-corrected chi connectivity index (χ2v) is 5.25. The van der Waals surface area contributed by atoms with Gasteiger partial charge >= 0.3 is 6.03 Å². The maximum absolute atomic E-state index is 12.0. The molecule has 4 N–H and O–H groups in total. The average Bonchev–Trinajstić information content (AvgIpc) is 2.37. The summed E-state index contributed by atoms with van der Waals surface area (Å²) in [5.41, 5.74) is 7.21. The van der Waals surface area contributed by atoms with Crippen LogP contribution in [0.1, 0.15) is 13.8 Å². The van der Waals surface area contributed by atoms with Crippen LogP contribution in [0.4, 0.5) is 16.2 Å². The van der Waals surface area contributed by atoms with Crippen LogP contribution in [0.2, 0.25) is 0 Å². The van der Waals surface area contributed by atoms with E-state index in [4.69, 9.17) is 5.73 Å². The van der Waals surface area contributed by atoms with E-state index in [1.165, 1.54) is 0 Å². The molecule has 7 heteroatoms. The standard InChI is InChI=1S/C13H19BrN4O2/c1-4-16-13(20)17-12(19)8(2)18(3)11-6-5-9(14)7-10(11)15/h5-8H,4,15H2,1-3H3,(H2,16,17,19,20). The van der Waals surface area contributed by atoms with E-state index in [2.05, 4.69) is 26.6 Å². The van der Waals surface area contributed by atoms with Gasteiger partial charge in [0.1, 0.15) is 6.04 Å². The number of carbonyl (C=O) groups excluding carboxylic acids is 2. The lowest BCUT2D eigenvalue weighted by atomic mass is 10.2. The minimum atomic E-state index is -0.527. The maximum atomic E-state index is 12.0. The predicted octanol–water partition coefficient (Wildman–Crippen LogP) is 1.70. The molecule has 20 heavy (non-hydrogen) atoms. The quantitative estimate of drug-likeness (QED) is 0.726. The van der Waals surface area contributed by atoms with Gasteiger partial charge in [-0.2, -0.15) is 0 Å². The fourth-order valence-electron chi connectivity index (χ4n) is 1.65. The Morgan fingerprint density at radius 2 is 2.10 bits per heavy atom. The van der Waals surface area contributed by atoms with Crippen molar-refractivity contribution in [3.63, 3.8) is 0 Å². The molecule has 1 unspecified atom stereocenters. The minimum absolute atomic E-state index is 0.388. The molecule has 0 saturated heterocycles. The van der Waals surface area contributed by atoms with E-state index in [0.717, 1.165) is 10.2 Å². The highest BCUT2D eigenvalue weighted by Gasteiger charge is 2.21. The highest BCUT2D eigenvalue weighted by Crippen LogP contribution is 2.27. The van der Waals surface area contributed by atoms with E-state index in [1.54, 1.807) is 31.9 Å². The van der Waals surface area contributed by atoms with Crippen LogP contribution in [-0.2, 0) is 4.79 Å². The number of carbonyl (C=O) groups is 2. The third-order valence-corrected chi connectivity index (χ3v) is 3.40. The summed E-state index contributed by atoms with van der Waals surface area (Å²) in [6, 6.07) is 4.40. The Labute approximate surface area is 126 Å². The van der Waals surface area contributed by atoms with Crippen LogP contribution < -0.4 is 21.3 Å². The van der Waals surface area contributed by atoms with Crippen molar-refractivity contribution < 1.29 is 9.59 Å². The second-order valence-electron chi connectivity index (χ2n) is 4.34. The average molecular weight is 343 g/mol. The zero-order valence-corrected chi connectivity index (χ0v) is 13.3. The number of hydrogen-bond acceptors (Lipinski definition) is 4. The van der Waals surface area contributed by atoms with Gasteiger partial charge in [-0.1, -0.05) is 15.9 Å². The van der Waals surface area contributed by atoms with Gasteiger partial charge in [0.25, 0.3) is 0 Å². The molecular weight excluding hydrogens is 324 g/mol. The number of anilines is 2. The first-order chi connectivity index (χ1) is 9.36. The van der Waals surface area contributed by atoms with Crippen LogP contribution in [-0.4, -0.2) is 31.6 Å². The SMILES string of the molecule is CCNC(=O)NC(=O)C(C)N(C)c1ccc(Br)cc1N. The van der Waals surface area contributed by atoms with Crippen LogP contribution in [0.3, 0.4) is 0 Å². The third-order valence-electron chi connectivity index (χ3n) is 2.90. The molecule has 3 amide bonds. The fraction of sp³-hybridized carbons (Fsp3) is 0.385. The molecule has 6 nitrogen and oxygen atoms in total. The largest absolute Gasteiger partial charge is 0.397 e. The highest BCUT2D eigenvalue weighted by atomic mass is 79.9. The lowest BCUT2D eigenvalue weighted by Gasteiger charge is -2.27. The summed E-state index contributed by atoms with van der Waals surface area (Å²) in [5.74, 6) is -0.388. The van der Waals surface area contributed by atoms with Gasteiger partial charge in [-0.05, 0) is 32.0 Å². The summed E-state index contributed by atoms with van der Waals surface area (Å²) in [6.07, 6.45) is 0. The number of benzene rings is 1. The summed E-state index contributed by atoms with van der Waals surface area (Å²) < 4.78 is 0.867. The van der Waals surface area contributed by atoms with Crippen LogP contribution in [0.5, 0.6) is 0 Å². The highest BCUT2D eigenvalue weighted by molar-refractivity contribution is 9.10. The summed E-state index contributed by atoms with van der Waals surface area (Å²) in [7, 11) is 1.75. The molecule has 1 aromatic rings. The van der Waals surface area contributed by atoms with E-state index in [9.17, 15) is 9.59 Å². The number of urea groups is 1. The first-order valence-corrected chi connectivity index (χ1v) is 7.02. The van der Waals surface area contributed by atoms with Crippen molar-refractivity contribution in [2.75, 3.05) is 24.2 Å². The van der Waals surface area contributed by atoms with E-state index in [0.29, 0.717) is 12.2 Å². The summed E-state index contributed by atoms with van der Waals surface area (Å²) >= 11 is 3.33. The van der Waals surface area contributed by atoms with Crippen molar-refractivity contribution in [3.05, 3.63) is 22.7 Å². The Bertz CT molecular complexity index is 507. The Morgan fingerprint density at radius 1 is 1.45 bits per heavy atom. The summed E-state index contributed by atoms with van der Waals surface area (Å²) in [4.78, 5) is 25.0. The molecule has 0 heterocycles. The van der Waals surface area contributed by atoms with Crippen molar-refractivity contribution in [1.29, 1.82) is 0 Å². The van der Waals surface area contributed by atoms with Gasteiger partial charge in [-0.25, -0.2) is 4.79 Å². The predicted molar refractivity (Wildman–Crippen MR) is 83.6 cm³/mol. The van der Waals surface area contributed by atoms with Crippen LogP contribution >= 0.6 is 15.9 Å². The number of nitrogens with zero attached hydrogens (tertiary/aromatic N) is 1. The van der Waals surface area contributed by atoms with Gasteiger partial charge < -0.3 is 16.0 Å². The van der Waals surface area contributed by atoms with Crippen LogP contribution in [0, 0.1) is 0 Å². The molecule has 1 atom stereocenters. The number of halogens is 1. The number of amides is 3. The lowest BCUT2D eigenvalue weighted by Crippen LogP contribution is -2.48. The molecule has 1 rings (SSSR count). The summed E-state index contributed by atoms with van der Waals surface area (Å²) in [5, 5.41) is 4.79. The number of imide groups is 1. The summed E-state index contributed by atoms with van der Waals surface area (Å²) in [6.45, 7) is 3.95. The van der Waals surface area contributed by atoms with Gasteiger partial charge in [0, 0.05) is 18.1 Å². The molecule has 0 aliphatic rings. The van der Waals surface area contributed by atoms with Gasteiger partial charge in [-0.15, -0.1) is 0 Å². The normalized spacial score (nSPS) is 11.6. The molecule has 0 aliphatic carbocycles. The van der Waals surface area contributed by atoms with Gasteiger partial charge in [0.15, 0.2) is 0 Å². The molecule has 0 aliphatic heterocycles. The van der Waals surface area contributed by atoms with Gasteiger partial charge in [-0.3, -0.25) is 10.1 Å². The molecule has 0 bridgehead atoms. The lowest BCUT2D eigenvalue weighted by molar-refractivity contribution is -0.120. The number of hydrogen-bond donors (Lipinski definition) is 3. The smallest absolute Gasteiger partial charge is 0.321 e. The van der Waals surface area contributed by atoms with Gasteiger partial charge in [0.2, 0.25) is 5.91 Å². The Kier molecular flexibility index (Phi) is 5.82. The topological polar surface area (TPSA) is 87.5 Å². The van der Waals surface area contributed by atoms with Crippen molar-refractivity contribution in [2.24, 2.45) is 0 Å². The van der Waals surface area contributed by atoms with Crippen LogP contribution in [0.25, 0.3) is 0 Å². The molecule has 0 aromatic heterocycles. The first-order valence-electron chi connectivity index (χ1n) is 6.23. The Balaban J connectivity index is 2.77. The second kappa shape index (κ2) is 7.14. The van der Waals surface area contributed by atoms with E-state index >= 15 is 0 Å². The molecule has 1 aromatic carbocycles. The number of nitrogen functional groups attached to an aromatic ring is 1. The minimum Gasteiger partial charge on any atom is -0.397 e. The van der Waals surface area contributed by atoms with Crippen molar-refractivity contribution >= 4 is 39.2 Å². The van der Waals surface area contributed by atoms with Crippen molar-refractivity contribution in [3.8, 4) is 0 Å².